The highest BCUT2D eigenvalue weighted by molar-refractivity contribution is 6.00. The van der Waals surface area contributed by atoms with Crippen molar-refractivity contribution in [2.24, 2.45) is 0 Å². The minimum absolute atomic E-state index is 0.115. The van der Waals surface area contributed by atoms with Crippen molar-refractivity contribution in [1.29, 1.82) is 0 Å². The van der Waals surface area contributed by atoms with Crippen LogP contribution in [0.25, 0.3) is 0 Å². The summed E-state index contributed by atoms with van der Waals surface area (Å²) in [5, 5.41) is 2.52. The molecule has 6 heteroatoms. The Morgan fingerprint density at radius 1 is 1.25 bits per heavy atom. The third-order valence-electron chi connectivity index (χ3n) is 3.92. The fraction of sp³-hybridized carbons (Fsp3) is 0.222. The van der Waals surface area contributed by atoms with Crippen LogP contribution in [0.2, 0.25) is 0 Å². The largest absolute Gasteiger partial charge is 0.489 e. The van der Waals surface area contributed by atoms with Crippen LogP contribution in [-0.2, 0) is 16.2 Å². The van der Waals surface area contributed by atoms with E-state index in [2.05, 4.69) is 5.32 Å². The molecule has 24 heavy (non-hydrogen) atoms. The van der Waals surface area contributed by atoms with E-state index in [-0.39, 0.29) is 18.3 Å². The number of ether oxygens (including phenoxy) is 1. The van der Waals surface area contributed by atoms with Crippen molar-refractivity contribution >= 4 is 18.0 Å². The molecule has 0 radical (unpaired) electrons. The second-order valence-corrected chi connectivity index (χ2v) is 5.53. The van der Waals surface area contributed by atoms with Crippen molar-refractivity contribution in [2.75, 3.05) is 11.4 Å². The van der Waals surface area contributed by atoms with Gasteiger partial charge < -0.3 is 15.0 Å². The van der Waals surface area contributed by atoms with Crippen molar-refractivity contribution in [3.8, 4) is 5.75 Å². The lowest BCUT2D eigenvalue weighted by Crippen LogP contribution is -2.37. The molecule has 2 amide bonds. The first-order valence-corrected chi connectivity index (χ1v) is 7.66. The summed E-state index contributed by atoms with van der Waals surface area (Å²) in [6.45, 7) is 0.832. The second-order valence-electron chi connectivity index (χ2n) is 5.53. The Labute approximate surface area is 139 Å². The maximum absolute atomic E-state index is 13.1. The molecule has 1 aliphatic rings. The zero-order valence-corrected chi connectivity index (χ0v) is 12.9. The Morgan fingerprint density at radius 3 is 2.75 bits per heavy atom. The topological polar surface area (TPSA) is 58.6 Å². The number of rotatable bonds is 6. The summed E-state index contributed by atoms with van der Waals surface area (Å²) in [5.74, 6) is 0.227. The van der Waals surface area contributed by atoms with E-state index in [1.807, 2.05) is 0 Å². The quantitative estimate of drug-likeness (QED) is 0.828. The normalized spacial score (nSPS) is 17.0. The van der Waals surface area contributed by atoms with Gasteiger partial charge >= 0.3 is 0 Å². The molecule has 1 atom stereocenters. The van der Waals surface area contributed by atoms with Gasteiger partial charge in [0.1, 0.15) is 24.2 Å². The van der Waals surface area contributed by atoms with Crippen LogP contribution in [0, 0.1) is 5.82 Å². The smallest absolute Gasteiger partial charge is 0.249 e. The van der Waals surface area contributed by atoms with Gasteiger partial charge in [-0.15, -0.1) is 0 Å². The number of anilines is 1. The van der Waals surface area contributed by atoms with Gasteiger partial charge in [0.2, 0.25) is 12.3 Å². The first-order valence-electron chi connectivity index (χ1n) is 7.66. The number of benzene rings is 2. The number of amides is 2. The molecule has 1 fully saturated rings. The van der Waals surface area contributed by atoms with Crippen LogP contribution in [0.4, 0.5) is 10.1 Å². The average molecular weight is 328 g/mol. The van der Waals surface area contributed by atoms with E-state index >= 15 is 0 Å². The molecule has 0 aromatic heterocycles. The fourth-order valence-electron chi connectivity index (χ4n) is 2.69. The van der Waals surface area contributed by atoms with Crippen molar-refractivity contribution in [3.63, 3.8) is 0 Å². The van der Waals surface area contributed by atoms with Crippen LogP contribution in [0.15, 0.2) is 48.5 Å². The average Bonchev–Trinajstić information content (AvgIpc) is 2.95. The predicted octanol–water partition coefficient (Wildman–Crippen LogP) is 2.26. The zero-order valence-electron chi connectivity index (χ0n) is 12.9. The molecule has 2 aromatic rings. The molecule has 0 bridgehead atoms. The first-order chi connectivity index (χ1) is 11.7. The maximum atomic E-state index is 13.1. The molecule has 0 spiro atoms. The SMILES string of the molecule is O=CNC1CCN(c2ccc(OCc3cccc(F)c3)cc2)C1=O. The fourth-order valence-corrected chi connectivity index (χ4v) is 2.69. The number of halogens is 1. The van der Waals surface area contributed by atoms with Gasteiger partial charge in [-0.1, -0.05) is 12.1 Å². The van der Waals surface area contributed by atoms with Gasteiger partial charge in [0.25, 0.3) is 0 Å². The number of carbonyl (C=O) groups excluding carboxylic acids is 2. The highest BCUT2D eigenvalue weighted by Crippen LogP contribution is 2.24. The Bertz CT molecular complexity index is 733. The lowest BCUT2D eigenvalue weighted by molar-refractivity contribution is -0.121. The van der Waals surface area contributed by atoms with Gasteiger partial charge in [-0.25, -0.2) is 4.39 Å². The predicted molar refractivity (Wildman–Crippen MR) is 87.1 cm³/mol. The highest BCUT2D eigenvalue weighted by Gasteiger charge is 2.31. The van der Waals surface area contributed by atoms with E-state index in [1.165, 1.54) is 12.1 Å². The van der Waals surface area contributed by atoms with Crippen molar-refractivity contribution in [2.45, 2.75) is 19.1 Å². The molecular weight excluding hydrogens is 311 g/mol. The number of hydrogen-bond acceptors (Lipinski definition) is 3. The van der Waals surface area contributed by atoms with Crippen LogP contribution >= 0.6 is 0 Å². The molecule has 124 valence electrons. The molecule has 1 heterocycles. The second kappa shape index (κ2) is 7.12. The molecule has 5 nitrogen and oxygen atoms in total. The van der Waals surface area contributed by atoms with Gasteiger partial charge in [-0.3, -0.25) is 9.59 Å². The summed E-state index contributed by atoms with van der Waals surface area (Å²) in [7, 11) is 0. The molecule has 1 saturated heterocycles. The number of nitrogens with one attached hydrogen (secondary N) is 1. The summed E-state index contributed by atoms with van der Waals surface area (Å²) in [6, 6.07) is 12.9. The molecule has 2 aromatic carbocycles. The van der Waals surface area contributed by atoms with Crippen LogP contribution in [-0.4, -0.2) is 24.9 Å². The minimum Gasteiger partial charge on any atom is -0.489 e. The van der Waals surface area contributed by atoms with Crippen molar-refractivity contribution in [3.05, 3.63) is 59.9 Å². The maximum Gasteiger partial charge on any atom is 0.249 e. The summed E-state index contributed by atoms with van der Waals surface area (Å²) in [5.41, 5.74) is 1.50. The van der Waals surface area contributed by atoms with E-state index in [1.54, 1.807) is 41.3 Å². The van der Waals surface area contributed by atoms with Crippen LogP contribution < -0.4 is 15.0 Å². The molecular formula is C18H17FN2O3. The number of nitrogens with zero attached hydrogens (tertiary/aromatic N) is 1. The van der Waals surface area contributed by atoms with Crippen molar-refractivity contribution < 1.29 is 18.7 Å². The molecule has 1 aliphatic heterocycles. The summed E-state index contributed by atoms with van der Waals surface area (Å²) in [6.07, 6.45) is 1.14. The van der Waals surface area contributed by atoms with Gasteiger partial charge in [-0.05, 0) is 48.4 Å². The Hall–Kier alpha value is -2.89. The van der Waals surface area contributed by atoms with E-state index in [0.717, 1.165) is 11.3 Å². The van der Waals surface area contributed by atoms with Gasteiger partial charge in [0.05, 0.1) is 0 Å². The Morgan fingerprint density at radius 2 is 2.04 bits per heavy atom. The van der Waals surface area contributed by atoms with Gasteiger partial charge in [0, 0.05) is 12.2 Å². The minimum atomic E-state index is -0.452. The lowest BCUT2D eigenvalue weighted by atomic mass is 10.2. The number of carbonyl (C=O) groups is 2. The molecule has 1 unspecified atom stereocenters. The third kappa shape index (κ3) is 3.53. The molecule has 0 saturated carbocycles. The van der Waals surface area contributed by atoms with Gasteiger partial charge in [0.15, 0.2) is 0 Å². The molecule has 1 N–H and O–H groups in total. The molecule has 3 rings (SSSR count). The lowest BCUT2D eigenvalue weighted by Gasteiger charge is -2.17. The van der Waals surface area contributed by atoms with Crippen LogP contribution in [0.3, 0.4) is 0 Å². The van der Waals surface area contributed by atoms with E-state index < -0.39 is 6.04 Å². The Balaban J connectivity index is 1.61. The van der Waals surface area contributed by atoms with Crippen molar-refractivity contribution in [1.82, 2.24) is 5.32 Å². The highest BCUT2D eigenvalue weighted by atomic mass is 19.1. The van der Waals surface area contributed by atoms with Crippen LogP contribution in [0.5, 0.6) is 5.75 Å². The van der Waals surface area contributed by atoms with Crippen LogP contribution in [0.1, 0.15) is 12.0 Å². The Kier molecular flexibility index (Phi) is 4.74. The van der Waals surface area contributed by atoms with Gasteiger partial charge in [-0.2, -0.15) is 0 Å². The monoisotopic (exact) mass is 328 g/mol. The molecule has 0 aliphatic carbocycles. The standard InChI is InChI=1S/C18H17FN2O3/c19-14-3-1-2-13(10-14)11-24-16-6-4-15(5-7-16)21-9-8-17(18(21)23)20-12-22/h1-7,10,12,17H,8-9,11H2,(H,20,22). The summed E-state index contributed by atoms with van der Waals surface area (Å²) < 4.78 is 18.7. The zero-order chi connectivity index (χ0) is 16.9. The van der Waals surface area contributed by atoms with E-state index in [9.17, 15) is 14.0 Å². The summed E-state index contributed by atoms with van der Waals surface area (Å²) >= 11 is 0. The summed E-state index contributed by atoms with van der Waals surface area (Å²) in [4.78, 5) is 24.3. The first kappa shape index (κ1) is 16.0. The van der Waals surface area contributed by atoms with E-state index in [0.29, 0.717) is 25.1 Å². The third-order valence-corrected chi connectivity index (χ3v) is 3.92. The number of hydrogen-bond donors (Lipinski definition) is 1. The van der Waals surface area contributed by atoms with E-state index in [4.69, 9.17) is 4.74 Å².